The second kappa shape index (κ2) is 10.5. The largest absolute Gasteiger partial charge is 0.424 e. The van der Waals surface area contributed by atoms with E-state index in [2.05, 4.69) is 19.9 Å². The molecule has 2 N–H and O–H groups in total. The molecule has 4 aromatic rings. The first-order valence-corrected chi connectivity index (χ1v) is 15.0. The normalized spacial score (nSPS) is 16.1. The maximum absolute atomic E-state index is 13.1. The van der Waals surface area contributed by atoms with Gasteiger partial charge in [-0.1, -0.05) is 5.10 Å². The minimum Gasteiger partial charge on any atom is -0.424 e. The molecule has 202 valence electrons. The standard InChI is InChI=1S/C24H28N6O6S2/c1-3-30-23(26-27-24(30)36-19-5-4-18-10-11-25-22(18)16-19)17(2)28-37(31,32)20-6-8-21(9-7-20)38(33,34)29-12-14-35-15-13-29/h4-11,16-17,25,28H,3,12-15H2,1-2H3/t17-/m1/s1. The monoisotopic (exact) mass is 560 g/mol. The van der Waals surface area contributed by atoms with E-state index in [-0.39, 0.29) is 28.9 Å². The number of H-pyrrole nitrogens is 1. The molecule has 0 saturated carbocycles. The van der Waals surface area contributed by atoms with Gasteiger partial charge in [0.05, 0.1) is 29.0 Å². The van der Waals surface area contributed by atoms with Crippen LogP contribution in [0.3, 0.4) is 0 Å². The van der Waals surface area contributed by atoms with Gasteiger partial charge in [0.15, 0.2) is 5.82 Å². The summed E-state index contributed by atoms with van der Waals surface area (Å²) in [6.45, 7) is 5.14. The maximum atomic E-state index is 13.1. The maximum Gasteiger partial charge on any atom is 0.322 e. The highest BCUT2D eigenvalue weighted by Gasteiger charge is 2.28. The number of sulfonamides is 2. The van der Waals surface area contributed by atoms with Crippen LogP contribution in [0, 0.1) is 0 Å². The SMILES string of the molecule is CCn1c(Oc2ccc3cc[nH]c3c2)nnc1[C@@H](C)NS(=O)(=O)c1ccc(S(=O)(=O)N2CCOCC2)cc1. The lowest BCUT2D eigenvalue weighted by atomic mass is 10.2. The van der Waals surface area contributed by atoms with Gasteiger partial charge in [-0.05, 0) is 61.7 Å². The molecule has 0 bridgehead atoms. The minimum atomic E-state index is -3.99. The lowest BCUT2D eigenvalue weighted by Gasteiger charge is -2.26. The Kier molecular flexibility index (Phi) is 7.24. The fourth-order valence-corrected chi connectivity index (χ4v) is 6.88. The van der Waals surface area contributed by atoms with Gasteiger partial charge in [-0.3, -0.25) is 4.57 Å². The molecule has 2 aromatic carbocycles. The zero-order valence-corrected chi connectivity index (χ0v) is 22.5. The van der Waals surface area contributed by atoms with Crippen molar-refractivity contribution >= 4 is 30.9 Å². The highest BCUT2D eigenvalue weighted by Crippen LogP contribution is 2.27. The van der Waals surface area contributed by atoms with E-state index in [0.717, 1.165) is 10.9 Å². The van der Waals surface area contributed by atoms with Crippen LogP contribution in [0.1, 0.15) is 25.7 Å². The fourth-order valence-electron chi connectivity index (χ4n) is 4.27. The summed E-state index contributed by atoms with van der Waals surface area (Å²) in [7, 11) is -7.72. The van der Waals surface area contributed by atoms with Crippen LogP contribution in [0.25, 0.3) is 10.9 Å². The van der Waals surface area contributed by atoms with E-state index >= 15 is 0 Å². The van der Waals surface area contributed by atoms with Crippen LogP contribution in [0.4, 0.5) is 0 Å². The van der Waals surface area contributed by atoms with E-state index in [9.17, 15) is 16.8 Å². The van der Waals surface area contributed by atoms with E-state index in [1.54, 1.807) is 11.5 Å². The van der Waals surface area contributed by atoms with Crippen LogP contribution < -0.4 is 9.46 Å². The van der Waals surface area contributed by atoms with Gasteiger partial charge < -0.3 is 14.5 Å². The molecule has 1 aliphatic heterocycles. The summed E-state index contributed by atoms with van der Waals surface area (Å²) in [4.78, 5) is 3.09. The van der Waals surface area contributed by atoms with E-state index in [4.69, 9.17) is 9.47 Å². The smallest absolute Gasteiger partial charge is 0.322 e. The Morgan fingerprint density at radius 1 is 1.03 bits per heavy atom. The van der Waals surface area contributed by atoms with Gasteiger partial charge in [-0.2, -0.15) is 4.31 Å². The Morgan fingerprint density at radius 3 is 2.45 bits per heavy atom. The molecule has 12 nitrogen and oxygen atoms in total. The predicted molar refractivity (Wildman–Crippen MR) is 139 cm³/mol. The van der Waals surface area contributed by atoms with Crippen molar-refractivity contribution in [1.82, 2.24) is 28.8 Å². The van der Waals surface area contributed by atoms with Crippen LogP contribution in [-0.4, -0.2) is 67.2 Å². The molecule has 3 heterocycles. The van der Waals surface area contributed by atoms with Crippen LogP contribution in [-0.2, 0) is 31.3 Å². The van der Waals surface area contributed by atoms with Gasteiger partial charge >= 0.3 is 6.01 Å². The van der Waals surface area contributed by atoms with Crippen molar-refractivity contribution in [2.24, 2.45) is 0 Å². The summed E-state index contributed by atoms with van der Waals surface area (Å²) >= 11 is 0. The second-order valence-electron chi connectivity index (χ2n) is 8.74. The Labute approximate surface area is 220 Å². The molecule has 0 aliphatic carbocycles. The van der Waals surface area contributed by atoms with Crippen molar-refractivity contribution in [3.05, 3.63) is 60.6 Å². The third-order valence-electron chi connectivity index (χ3n) is 6.26. The zero-order chi connectivity index (χ0) is 26.9. The number of nitrogens with one attached hydrogen (secondary N) is 2. The van der Waals surface area contributed by atoms with Gasteiger partial charge in [0.2, 0.25) is 20.0 Å². The van der Waals surface area contributed by atoms with Crippen molar-refractivity contribution < 1.29 is 26.3 Å². The molecule has 14 heteroatoms. The number of hydrogen-bond acceptors (Lipinski definition) is 8. The highest BCUT2D eigenvalue weighted by molar-refractivity contribution is 7.89. The van der Waals surface area contributed by atoms with E-state index in [0.29, 0.717) is 31.3 Å². The first-order valence-electron chi connectivity index (χ1n) is 12.1. The van der Waals surface area contributed by atoms with Gasteiger partial charge in [0.25, 0.3) is 0 Å². The van der Waals surface area contributed by atoms with Crippen LogP contribution in [0.5, 0.6) is 11.8 Å². The Hall–Kier alpha value is -3.30. The van der Waals surface area contributed by atoms with E-state index in [1.165, 1.54) is 28.6 Å². The number of hydrogen-bond donors (Lipinski definition) is 2. The molecule has 0 unspecified atom stereocenters. The lowest BCUT2D eigenvalue weighted by Crippen LogP contribution is -2.40. The molecule has 1 aliphatic rings. The molecule has 0 spiro atoms. The lowest BCUT2D eigenvalue weighted by molar-refractivity contribution is 0.0730. The molecule has 1 atom stereocenters. The third-order valence-corrected chi connectivity index (χ3v) is 9.73. The number of fused-ring (bicyclic) bond motifs is 1. The highest BCUT2D eigenvalue weighted by atomic mass is 32.2. The quantitative estimate of drug-likeness (QED) is 0.317. The average molecular weight is 561 g/mol. The first-order chi connectivity index (χ1) is 18.2. The zero-order valence-electron chi connectivity index (χ0n) is 20.9. The van der Waals surface area contributed by atoms with Crippen molar-refractivity contribution in [3.63, 3.8) is 0 Å². The molecule has 2 aromatic heterocycles. The van der Waals surface area contributed by atoms with Gasteiger partial charge in [-0.15, -0.1) is 5.10 Å². The minimum absolute atomic E-state index is 0.0245. The number of benzene rings is 2. The van der Waals surface area contributed by atoms with Crippen molar-refractivity contribution in [1.29, 1.82) is 0 Å². The Balaban J connectivity index is 1.32. The predicted octanol–water partition coefficient (Wildman–Crippen LogP) is 2.63. The van der Waals surface area contributed by atoms with Gasteiger partial charge in [0.1, 0.15) is 5.75 Å². The summed E-state index contributed by atoms with van der Waals surface area (Å²) in [6.07, 6.45) is 1.84. The second-order valence-corrected chi connectivity index (χ2v) is 12.4. The molecular weight excluding hydrogens is 532 g/mol. The summed E-state index contributed by atoms with van der Waals surface area (Å²) < 4.78 is 68.6. The molecule has 1 fully saturated rings. The number of nitrogens with zero attached hydrogens (tertiary/aromatic N) is 4. The number of aromatic amines is 1. The van der Waals surface area contributed by atoms with Gasteiger partial charge in [-0.25, -0.2) is 21.6 Å². The molecule has 0 amide bonds. The summed E-state index contributed by atoms with van der Waals surface area (Å²) in [6, 6.07) is 12.2. The van der Waals surface area contributed by atoms with Crippen LogP contribution >= 0.6 is 0 Å². The molecule has 5 rings (SSSR count). The third kappa shape index (κ3) is 5.17. The molecular formula is C24H28N6O6S2. The molecule has 0 radical (unpaired) electrons. The topological polar surface area (TPSA) is 149 Å². The summed E-state index contributed by atoms with van der Waals surface area (Å²) in [5.74, 6) is 0.937. The van der Waals surface area contributed by atoms with Crippen LogP contribution in [0.2, 0.25) is 0 Å². The Bertz CT molecular complexity index is 1640. The first kappa shape index (κ1) is 26.3. The molecule has 38 heavy (non-hydrogen) atoms. The van der Waals surface area contributed by atoms with Crippen LogP contribution in [0.15, 0.2) is 64.5 Å². The van der Waals surface area contributed by atoms with Crippen molar-refractivity contribution in [2.45, 2.75) is 36.2 Å². The number of ether oxygens (including phenoxy) is 2. The average Bonchev–Trinajstić information content (AvgIpc) is 3.55. The number of aromatic nitrogens is 4. The number of morpholine rings is 1. The Morgan fingerprint density at radius 2 is 1.74 bits per heavy atom. The van der Waals surface area contributed by atoms with E-state index in [1.807, 2.05) is 37.4 Å². The summed E-state index contributed by atoms with van der Waals surface area (Å²) in [5.41, 5.74) is 0.912. The number of rotatable bonds is 9. The van der Waals surface area contributed by atoms with Crippen molar-refractivity contribution in [2.75, 3.05) is 26.3 Å². The summed E-state index contributed by atoms with van der Waals surface area (Å²) in [5, 5.41) is 9.34. The fraction of sp³-hybridized carbons (Fsp3) is 0.333. The molecule has 1 saturated heterocycles. The van der Waals surface area contributed by atoms with Crippen molar-refractivity contribution in [3.8, 4) is 11.8 Å². The van der Waals surface area contributed by atoms with Gasteiger partial charge in [0, 0.05) is 37.4 Å². The van der Waals surface area contributed by atoms with E-state index < -0.39 is 26.1 Å².